The molecule has 8 heavy (non-hydrogen) atoms. The van der Waals surface area contributed by atoms with Gasteiger partial charge in [-0.05, 0) is 0 Å². The lowest BCUT2D eigenvalue weighted by Crippen LogP contribution is -2.30. The average molecular weight is 135 g/mol. The number of hydrogen-bond acceptors (Lipinski definition) is 2. The Morgan fingerprint density at radius 1 is 1.25 bits per heavy atom. The van der Waals surface area contributed by atoms with E-state index in [9.17, 15) is 0 Å². The number of hydrogen-bond donors (Lipinski definition) is 1. The number of nitrogens with one attached hydrogen (secondary N) is 1. The van der Waals surface area contributed by atoms with E-state index in [0.29, 0.717) is 0 Å². The van der Waals surface area contributed by atoms with Crippen LogP contribution in [0.4, 0.5) is 0 Å². The summed E-state index contributed by atoms with van der Waals surface area (Å²) in [6, 6.07) is 0. The van der Waals surface area contributed by atoms with E-state index in [1.54, 1.807) is 0 Å². The Kier molecular flexibility index (Phi) is 7.67. The lowest BCUT2D eigenvalue weighted by Gasteiger charge is -2.10. The molecule has 1 saturated heterocycles. The van der Waals surface area contributed by atoms with Crippen LogP contribution in [0.25, 0.3) is 0 Å². The van der Waals surface area contributed by atoms with Crippen LogP contribution in [0.15, 0.2) is 0 Å². The molecule has 1 N–H and O–H groups in total. The zero-order valence-corrected chi connectivity index (χ0v) is 6.47. The summed E-state index contributed by atoms with van der Waals surface area (Å²) in [6.45, 7) is 5.75. The lowest BCUT2D eigenvalue weighted by atomic mass is 10.5. The highest BCUT2D eigenvalue weighted by Gasteiger charge is 1.92. The van der Waals surface area contributed by atoms with Crippen molar-refractivity contribution in [3.05, 3.63) is 0 Å². The molecule has 3 heteroatoms. The zero-order valence-electron chi connectivity index (χ0n) is 5.31. The Hall–Kier alpha value is 0.350. The van der Waals surface area contributed by atoms with Gasteiger partial charge >= 0.3 is 0 Å². The van der Waals surface area contributed by atoms with Gasteiger partial charge in [-0.25, -0.2) is 0 Å². The number of morpholine rings is 1. The van der Waals surface area contributed by atoms with E-state index in [-0.39, 0.29) is 0 Å². The molecule has 50 valence electrons. The van der Waals surface area contributed by atoms with Crippen LogP contribution in [-0.4, -0.2) is 33.0 Å². The summed E-state index contributed by atoms with van der Waals surface area (Å²) in [5.74, 6) is 0. The summed E-state index contributed by atoms with van der Waals surface area (Å²) in [5.41, 5.74) is 0. The third-order valence-electron chi connectivity index (χ3n) is 0.846. The first-order chi connectivity index (χ1) is 4.00. The van der Waals surface area contributed by atoms with Crippen LogP contribution in [0.2, 0.25) is 0 Å². The predicted octanol–water partition coefficient (Wildman–Crippen LogP) is 0.0975. The van der Waals surface area contributed by atoms with Gasteiger partial charge in [0.2, 0.25) is 0 Å². The van der Waals surface area contributed by atoms with Crippen LogP contribution in [0.1, 0.15) is 0 Å². The van der Waals surface area contributed by atoms with Gasteiger partial charge in [0.15, 0.2) is 0 Å². The van der Waals surface area contributed by atoms with Crippen LogP contribution < -0.4 is 5.32 Å². The minimum Gasteiger partial charge on any atom is -0.379 e. The van der Waals surface area contributed by atoms with Crippen LogP contribution in [0.5, 0.6) is 0 Å². The molecule has 0 bridgehead atoms. The van der Waals surface area contributed by atoms with E-state index in [1.165, 1.54) is 0 Å². The highest BCUT2D eigenvalue weighted by molar-refractivity contribution is 7.15. The quantitative estimate of drug-likeness (QED) is 0.475. The molecule has 0 amide bonds. The van der Waals surface area contributed by atoms with Crippen LogP contribution in [0.3, 0.4) is 0 Å². The maximum absolute atomic E-state index is 5.01. The van der Waals surface area contributed by atoms with Crippen molar-refractivity contribution in [1.29, 1.82) is 0 Å². The van der Waals surface area contributed by atoms with Crippen molar-refractivity contribution in [3.63, 3.8) is 0 Å². The van der Waals surface area contributed by atoms with Gasteiger partial charge < -0.3 is 10.1 Å². The topological polar surface area (TPSA) is 21.3 Å². The van der Waals surface area contributed by atoms with Gasteiger partial charge in [0.05, 0.1) is 13.2 Å². The molecule has 1 unspecified atom stereocenters. The highest BCUT2D eigenvalue weighted by atomic mass is 31.0. The molecule has 1 heterocycles. The number of rotatable bonds is 0. The smallest absolute Gasteiger partial charge is 0.0591 e. The molecule has 2 nitrogen and oxygen atoms in total. The van der Waals surface area contributed by atoms with Crippen LogP contribution >= 0.6 is 9.24 Å². The van der Waals surface area contributed by atoms with Gasteiger partial charge in [0.25, 0.3) is 0 Å². The first-order valence-electron chi connectivity index (χ1n) is 2.86. The Morgan fingerprint density at radius 2 is 1.75 bits per heavy atom. The van der Waals surface area contributed by atoms with Gasteiger partial charge in [-0.15, -0.1) is 9.24 Å². The largest absolute Gasteiger partial charge is 0.379 e. The fraction of sp³-hybridized carbons (Fsp3) is 1.00. The molecule has 1 aliphatic rings. The van der Waals surface area contributed by atoms with Crippen molar-refractivity contribution < 1.29 is 4.74 Å². The molecule has 0 aromatic heterocycles. The maximum atomic E-state index is 5.01. The lowest BCUT2D eigenvalue weighted by molar-refractivity contribution is 0.109. The van der Waals surface area contributed by atoms with Gasteiger partial charge in [-0.1, -0.05) is 6.66 Å². The molecular weight excluding hydrogens is 121 g/mol. The second-order valence-corrected chi connectivity index (χ2v) is 1.36. The molecule has 1 rings (SSSR count). The molecule has 0 radical (unpaired) electrons. The Bertz CT molecular complexity index is 27.9. The van der Waals surface area contributed by atoms with E-state index in [4.69, 9.17) is 4.74 Å². The summed E-state index contributed by atoms with van der Waals surface area (Å²) in [6.07, 6.45) is 0. The fourth-order valence-corrected chi connectivity index (χ4v) is 0.516. The molecule has 1 atom stereocenters. The van der Waals surface area contributed by atoms with E-state index in [0.717, 1.165) is 26.3 Å². The fourth-order valence-electron chi connectivity index (χ4n) is 0.516. The Labute approximate surface area is 53.2 Å². The summed E-state index contributed by atoms with van der Waals surface area (Å²) < 4.78 is 5.01. The van der Waals surface area contributed by atoms with E-state index in [1.807, 2.05) is 6.66 Å². The van der Waals surface area contributed by atoms with Crippen molar-refractivity contribution in [2.24, 2.45) is 0 Å². The first-order valence-corrected chi connectivity index (χ1v) is 4.02. The monoisotopic (exact) mass is 135 g/mol. The van der Waals surface area contributed by atoms with Crippen molar-refractivity contribution in [1.82, 2.24) is 5.32 Å². The zero-order chi connectivity index (χ0) is 6.24. The molecule has 0 aromatic carbocycles. The Balaban J connectivity index is 0.000000222. The van der Waals surface area contributed by atoms with Gasteiger partial charge in [0, 0.05) is 13.1 Å². The molecule has 0 saturated carbocycles. The summed E-state index contributed by atoms with van der Waals surface area (Å²) >= 11 is 0. The van der Waals surface area contributed by atoms with Gasteiger partial charge in [0.1, 0.15) is 0 Å². The third kappa shape index (κ3) is 4.51. The van der Waals surface area contributed by atoms with Crippen LogP contribution in [0, 0.1) is 0 Å². The molecule has 1 aliphatic heterocycles. The second kappa shape index (κ2) is 7.35. The maximum Gasteiger partial charge on any atom is 0.0591 e. The summed E-state index contributed by atoms with van der Waals surface area (Å²) in [4.78, 5) is 0. The van der Waals surface area contributed by atoms with Gasteiger partial charge in [-0.2, -0.15) is 0 Å². The molecule has 0 aromatic rings. The third-order valence-corrected chi connectivity index (χ3v) is 0.846. The minimum atomic E-state index is 0.889. The molecule has 0 spiro atoms. The molecular formula is C5H14NOP. The van der Waals surface area contributed by atoms with Crippen molar-refractivity contribution >= 4 is 9.24 Å². The highest BCUT2D eigenvalue weighted by Crippen LogP contribution is 1.76. The SMILES string of the molecule is C1COCCN1.CP. The minimum absolute atomic E-state index is 0.889. The van der Waals surface area contributed by atoms with Crippen molar-refractivity contribution in [2.75, 3.05) is 33.0 Å². The summed E-state index contributed by atoms with van der Waals surface area (Å²) in [5, 5.41) is 3.16. The van der Waals surface area contributed by atoms with Crippen LogP contribution in [-0.2, 0) is 4.74 Å². The van der Waals surface area contributed by atoms with E-state index < -0.39 is 0 Å². The Morgan fingerprint density at radius 3 is 1.88 bits per heavy atom. The molecule has 1 fully saturated rings. The molecule has 0 aliphatic carbocycles. The number of ether oxygens (including phenoxy) is 1. The normalized spacial score (nSPS) is 18.8. The van der Waals surface area contributed by atoms with E-state index in [2.05, 4.69) is 14.6 Å². The van der Waals surface area contributed by atoms with E-state index >= 15 is 0 Å². The second-order valence-electron chi connectivity index (χ2n) is 1.36. The average Bonchev–Trinajstić information content (AvgIpc) is 1.96. The van der Waals surface area contributed by atoms with Crippen molar-refractivity contribution in [3.8, 4) is 0 Å². The standard InChI is InChI=1S/C4H9NO.CH5P/c1-3-6-4-2-5-1;1-2/h5H,1-4H2;2H2,1H3. The first kappa shape index (κ1) is 8.35. The predicted molar refractivity (Wildman–Crippen MR) is 39.3 cm³/mol. The van der Waals surface area contributed by atoms with Gasteiger partial charge in [-0.3, -0.25) is 0 Å². The summed E-state index contributed by atoms with van der Waals surface area (Å²) in [7, 11) is 2.42. The van der Waals surface area contributed by atoms with Crippen molar-refractivity contribution in [2.45, 2.75) is 0 Å².